The summed E-state index contributed by atoms with van der Waals surface area (Å²) >= 11 is 0. The molecule has 53 heavy (non-hydrogen) atoms. The highest BCUT2D eigenvalue weighted by molar-refractivity contribution is 5.94. The quantitative estimate of drug-likeness (QED) is 0.405. The molecule has 14 heteroatoms. The Morgan fingerprint density at radius 3 is 2.30 bits per heavy atom. The number of hydrogen-bond donors (Lipinski definition) is 1. The fourth-order valence-corrected chi connectivity index (χ4v) is 7.81. The van der Waals surface area contributed by atoms with Crippen LogP contribution in [0, 0.1) is 23.2 Å². The molecular weight excluding hydrogens is 685 g/mol. The average Bonchev–Trinajstić information content (AvgIpc) is 3.71. The molecule has 0 saturated carbocycles. The second kappa shape index (κ2) is 16.0. The molecule has 2 atom stereocenters. The number of nitrogens with zero attached hydrogens (tertiary/aromatic N) is 7. The summed E-state index contributed by atoms with van der Waals surface area (Å²) in [6.07, 6.45) is 1.51. The Morgan fingerprint density at radius 1 is 0.981 bits per heavy atom. The fourth-order valence-electron chi connectivity index (χ4n) is 7.81. The minimum atomic E-state index is -4.60. The lowest BCUT2D eigenvalue weighted by molar-refractivity contribution is -0.147. The van der Waals surface area contributed by atoms with Crippen molar-refractivity contribution in [2.24, 2.45) is 16.4 Å². The number of amides is 2. The molecule has 5 heterocycles. The molecular formula is C39H51F3N8O3. The first-order valence-electron chi connectivity index (χ1n) is 19.0. The van der Waals surface area contributed by atoms with Crippen molar-refractivity contribution in [2.75, 3.05) is 39.3 Å². The number of ketones is 1. The second-order valence-corrected chi connectivity index (χ2v) is 16.1. The van der Waals surface area contributed by atoms with E-state index in [1.807, 2.05) is 27.7 Å². The monoisotopic (exact) mass is 736 g/mol. The standard InChI is InChI=1S/C39H51F3N8O3/c1-26-24-31(51)25-49(26)36(53)35(38(2,3)4)43-34(52)6-5-19-47-20-15-28(16-21-47)8-7-27-9-11-29(12-10-27)30-17-22-48(23-18-30)33-14-13-32-44-45-37(39(40,41)42)50(32)46-33/h9-12,26,28,30,35H,5-6,13-25H2,1-4H3,(H,43,52). The Bertz CT molecular complexity index is 1740. The zero-order chi connectivity index (χ0) is 37.9. The summed E-state index contributed by atoms with van der Waals surface area (Å²) in [6.45, 7) is 11.9. The Balaban J connectivity index is 0.907. The maximum atomic E-state index is 13.3. The molecule has 6 rings (SSSR count). The summed E-state index contributed by atoms with van der Waals surface area (Å²) in [5, 5.41) is 14.2. The van der Waals surface area contributed by atoms with E-state index in [-0.39, 0.29) is 36.0 Å². The maximum Gasteiger partial charge on any atom is 0.453 e. The van der Waals surface area contributed by atoms with E-state index in [0.29, 0.717) is 49.8 Å². The van der Waals surface area contributed by atoms with Crippen LogP contribution in [0.3, 0.4) is 0 Å². The fraction of sp³-hybridized carbons (Fsp3) is 0.641. The van der Waals surface area contributed by atoms with Gasteiger partial charge in [0.15, 0.2) is 11.6 Å². The molecule has 0 aliphatic carbocycles. The number of fused-ring (bicyclic) bond motifs is 1. The molecule has 3 saturated heterocycles. The minimum Gasteiger partial charge on any atom is -0.359 e. The predicted molar refractivity (Wildman–Crippen MR) is 194 cm³/mol. The number of piperidine rings is 2. The van der Waals surface area contributed by atoms with Gasteiger partial charge in [0.25, 0.3) is 5.82 Å². The molecule has 1 N–H and O–H groups in total. The number of benzene rings is 1. The minimum absolute atomic E-state index is 0.0550. The number of amidine groups is 1. The van der Waals surface area contributed by atoms with Gasteiger partial charge in [0.05, 0.1) is 6.54 Å². The van der Waals surface area contributed by atoms with E-state index in [1.165, 1.54) is 5.56 Å². The lowest BCUT2D eigenvalue weighted by atomic mass is 9.85. The molecule has 2 unspecified atom stereocenters. The molecule has 4 aliphatic rings. The zero-order valence-corrected chi connectivity index (χ0v) is 31.2. The Labute approximate surface area is 309 Å². The van der Waals surface area contributed by atoms with Crippen LogP contribution in [-0.4, -0.2) is 104 Å². The third kappa shape index (κ3) is 9.47. The van der Waals surface area contributed by atoms with Crippen molar-refractivity contribution in [3.63, 3.8) is 0 Å². The van der Waals surface area contributed by atoms with Crippen molar-refractivity contribution < 1.29 is 27.6 Å². The molecule has 0 bridgehead atoms. The number of rotatable bonds is 7. The number of nitrogens with one attached hydrogen (secondary N) is 1. The lowest BCUT2D eigenvalue weighted by Crippen LogP contribution is -2.55. The Morgan fingerprint density at radius 2 is 1.68 bits per heavy atom. The SMILES string of the molecule is CC1CC(=O)CN1C(=O)C(NC(=O)CCCN1CCC(C#Cc2ccc(C3CCN(C4=Nn5c(nnc5C(F)(F)F)CC4)CC3)cc2)CC1)C(C)(C)C. The highest BCUT2D eigenvalue weighted by Crippen LogP contribution is 2.32. The van der Waals surface area contributed by atoms with Gasteiger partial charge in [-0.05, 0) is 87.7 Å². The van der Waals surface area contributed by atoms with Crippen LogP contribution in [0.1, 0.15) is 108 Å². The van der Waals surface area contributed by atoms with Gasteiger partial charge in [-0.2, -0.15) is 22.9 Å². The van der Waals surface area contributed by atoms with Gasteiger partial charge in [0.1, 0.15) is 11.9 Å². The van der Waals surface area contributed by atoms with E-state index in [9.17, 15) is 27.6 Å². The van der Waals surface area contributed by atoms with E-state index in [1.54, 1.807) is 4.90 Å². The number of hydrogen-bond acceptors (Lipinski definition) is 8. The van der Waals surface area contributed by atoms with Crippen LogP contribution in [0.15, 0.2) is 29.4 Å². The number of carbonyl (C=O) groups is 3. The summed E-state index contributed by atoms with van der Waals surface area (Å²) < 4.78 is 40.9. The van der Waals surface area contributed by atoms with Crippen molar-refractivity contribution >= 4 is 23.4 Å². The molecule has 4 aliphatic heterocycles. The third-order valence-corrected chi connectivity index (χ3v) is 11.0. The topological polar surface area (TPSA) is 116 Å². The highest BCUT2D eigenvalue weighted by atomic mass is 19.4. The normalized spacial score (nSPS) is 21.2. The molecule has 11 nitrogen and oxygen atoms in total. The molecule has 2 amide bonds. The maximum absolute atomic E-state index is 13.3. The van der Waals surface area contributed by atoms with Crippen LogP contribution in [0.5, 0.6) is 0 Å². The second-order valence-electron chi connectivity index (χ2n) is 16.1. The van der Waals surface area contributed by atoms with Gasteiger partial charge in [-0.1, -0.05) is 44.7 Å². The molecule has 2 aromatic rings. The van der Waals surface area contributed by atoms with Crippen LogP contribution in [-0.2, 0) is 27.0 Å². The van der Waals surface area contributed by atoms with Crippen molar-refractivity contribution in [3.05, 3.63) is 47.0 Å². The van der Waals surface area contributed by atoms with E-state index in [2.05, 4.69) is 66.5 Å². The number of Topliss-reactive ketones (excluding diaryl/α,β-unsaturated/α-hetero) is 1. The third-order valence-electron chi connectivity index (χ3n) is 11.0. The predicted octanol–water partition coefficient (Wildman–Crippen LogP) is 4.85. The molecule has 0 radical (unpaired) electrons. The van der Waals surface area contributed by atoms with E-state index >= 15 is 0 Å². The van der Waals surface area contributed by atoms with Gasteiger partial charge in [0, 0.05) is 56.3 Å². The molecule has 286 valence electrons. The molecule has 3 fully saturated rings. The lowest BCUT2D eigenvalue weighted by Gasteiger charge is -2.35. The summed E-state index contributed by atoms with van der Waals surface area (Å²) in [4.78, 5) is 44.1. The van der Waals surface area contributed by atoms with E-state index < -0.39 is 23.5 Å². The van der Waals surface area contributed by atoms with Crippen LogP contribution < -0.4 is 5.32 Å². The summed E-state index contributed by atoms with van der Waals surface area (Å²) in [7, 11) is 0. The van der Waals surface area contributed by atoms with Crippen molar-refractivity contribution in [1.82, 2.24) is 34.9 Å². The highest BCUT2D eigenvalue weighted by Gasteiger charge is 2.41. The van der Waals surface area contributed by atoms with Gasteiger partial charge in [-0.25, -0.2) is 0 Å². The number of aryl methyl sites for hydroxylation is 1. The first-order chi connectivity index (χ1) is 25.2. The van der Waals surface area contributed by atoms with E-state index in [0.717, 1.165) is 68.6 Å². The Hall–Kier alpha value is -4.25. The number of likely N-dealkylation sites (tertiary alicyclic amines) is 3. The molecule has 0 spiro atoms. The van der Waals surface area contributed by atoms with Gasteiger partial charge in [-0.3, -0.25) is 14.4 Å². The van der Waals surface area contributed by atoms with Crippen LogP contribution in [0.25, 0.3) is 0 Å². The summed E-state index contributed by atoms with van der Waals surface area (Å²) in [5.74, 6) is 7.09. The van der Waals surface area contributed by atoms with Gasteiger partial charge in [0.2, 0.25) is 11.8 Å². The molecule has 1 aromatic heterocycles. The first kappa shape index (κ1) is 38.5. The first-order valence-corrected chi connectivity index (χ1v) is 19.0. The summed E-state index contributed by atoms with van der Waals surface area (Å²) in [5.41, 5.74) is 1.76. The van der Waals surface area contributed by atoms with Crippen molar-refractivity contribution in [1.29, 1.82) is 0 Å². The van der Waals surface area contributed by atoms with E-state index in [4.69, 9.17) is 0 Å². The van der Waals surface area contributed by atoms with Gasteiger partial charge in [-0.15, -0.1) is 10.2 Å². The van der Waals surface area contributed by atoms with Gasteiger partial charge < -0.3 is 20.0 Å². The summed E-state index contributed by atoms with van der Waals surface area (Å²) in [6, 6.07) is 7.63. The van der Waals surface area contributed by atoms with Gasteiger partial charge >= 0.3 is 6.18 Å². The largest absolute Gasteiger partial charge is 0.453 e. The average molecular weight is 737 g/mol. The van der Waals surface area contributed by atoms with Crippen LogP contribution >= 0.6 is 0 Å². The van der Waals surface area contributed by atoms with Crippen LogP contribution in [0.4, 0.5) is 13.2 Å². The Kier molecular flexibility index (Phi) is 11.6. The smallest absolute Gasteiger partial charge is 0.359 e. The number of halogens is 3. The van der Waals surface area contributed by atoms with Crippen molar-refractivity contribution in [2.45, 2.75) is 110 Å². The van der Waals surface area contributed by atoms with Crippen LogP contribution in [0.2, 0.25) is 0 Å². The molecule has 1 aromatic carbocycles. The number of carbonyl (C=O) groups excluding carboxylic acids is 3. The number of alkyl halides is 3. The number of aromatic nitrogens is 3. The van der Waals surface area contributed by atoms with Crippen molar-refractivity contribution in [3.8, 4) is 11.8 Å². The zero-order valence-electron chi connectivity index (χ0n) is 31.2.